The topological polar surface area (TPSA) is 86.5 Å². The van der Waals surface area contributed by atoms with E-state index in [4.69, 9.17) is 4.74 Å². The number of carbonyl (C=O) groups is 1. The Labute approximate surface area is 200 Å². The summed E-state index contributed by atoms with van der Waals surface area (Å²) in [6, 6.07) is 1.23. The fourth-order valence-electron chi connectivity index (χ4n) is 7.48. The number of fused-ring (bicyclic) bond motifs is 1. The minimum atomic E-state index is -0.258. The van der Waals surface area contributed by atoms with Crippen molar-refractivity contribution in [1.29, 1.82) is 0 Å². The van der Waals surface area contributed by atoms with Gasteiger partial charge >= 0.3 is 0 Å². The normalized spacial score (nSPS) is 46.5. The van der Waals surface area contributed by atoms with Gasteiger partial charge in [0.05, 0.1) is 0 Å². The van der Waals surface area contributed by atoms with Gasteiger partial charge < -0.3 is 15.4 Å². The van der Waals surface area contributed by atoms with E-state index in [1.54, 1.807) is 0 Å². The largest absolute Gasteiger partial charge is 0.368 e. The standard InChI is InChI=1S/C26H47N5O2/c1-16-7-8-19(29-25(32)24-17(2)10-12-33-24)13-23(16)31-26-28-11-9-22(30-26)21-15-27-14-18-5-3-4-6-20(18)21/h16-24,26-28,30-31H,3-15H2,1-2H3,(H,29,32). The fourth-order valence-corrected chi connectivity index (χ4v) is 7.48. The fraction of sp³-hybridized carbons (Fsp3) is 0.962. The summed E-state index contributed by atoms with van der Waals surface area (Å²) in [7, 11) is 0. The van der Waals surface area contributed by atoms with E-state index < -0.39 is 0 Å². The minimum Gasteiger partial charge on any atom is -0.368 e. The Hall–Kier alpha value is -0.730. The van der Waals surface area contributed by atoms with Crippen molar-refractivity contribution in [3.05, 3.63) is 0 Å². The molecular formula is C26H47N5O2. The van der Waals surface area contributed by atoms with Gasteiger partial charge in [0.15, 0.2) is 0 Å². The van der Waals surface area contributed by atoms with Crippen LogP contribution in [0.1, 0.15) is 71.6 Å². The molecule has 0 aromatic carbocycles. The minimum absolute atomic E-state index is 0.0964. The SMILES string of the molecule is CC1CCC(NC(=O)C2OCCC2C)CC1NC1NCCC(C2CNCC3CCCCC32)N1. The van der Waals surface area contributed by atoms with Crippen molar-refractivity contribution in [2.75, 3.05) is 26.2 Å². The van der Waals surface area contributed by atoms with Crippen molar-refractivity contribution in [2.24, 2.45) is 29.6 Å². The zero-order chi connectivity index (χ0) is 22.8. The first-order chi connectivity index (χ1) is 16.1. The molecule has 0 aromatic rings. The summed E-state index contributed by atoms with van der Waals surface area (Å²) in [5.41, 5.74) is 0. The highest BCUT2D eigenvalue weighted by atomic mass is 16.5. The maximum Gasteiger partial charge on any atom is 0.249 e. The molecule has 3 aliphatic heterocycles. The monoisotopic (exact) mass is 461 g/mol. The van der Waals surface area contributed by atoms with Gasteiger partial charge in [0.1, 0.15) is 12.4 Å². The molecule has 33 heavy (non-hydrogen) atoms. The van der Waals surface area contributed by atoms with E-state index in [0.717, 1.165) is 50.0 Å². The Morgan fingerprint density at radius 1 is 0.939 bits per heavy atom. The summed E-state index contributed by atoms with van der Waals surface area (Å²) in [4.78, 5) is 12.7. The van der Waals surface area contributed by atoms with Gasteiger partial charge in [0.2, 0.25) is 5.91 Å². The van der Waals surface area contributed by atoms with E-state index in [9.17, 15) is 4.79 Å². The molecule has 2 saturated carbocycles. The van der Waals surface area contributed by atoms with Gasteiger partial charge in [0, 0.05) is 24.7 Å². The summed E-state index contributed by atoms with van der Waals surface area (Å²) in [5, 5.41) is 18.6. The van der Waals surface area contributed by atoms with E-state index in [-0.39, 0.29) is 24.3 Å². The average molecular weight is 462 g/mol. The van der Waals surface area contributed by atoms with Gasteiger partial charge in [-0.15, -0.1) is 0 Å². The molecule has 1 amide bonds. The molecular weight excluding hydrogens is 414 g/mol. The Kier molecular flexibility index (Phi) is 7.92. The highest BCUT2D eigenvalue weighted by Gasteiger charge is 2.41. The number of amides is 1. The number of nitrogens with one attached hydrogen (secondary N) is 5. The average Bonchev–Trinajstić information content (AvgIpc) is 3.27. The van der Waals surface area contributed by atoms with Gasteiger partial charge in [0.25, 0.3) is 0 Å². The summed E-state index contributed by atoms with van der Waals surface area (Å²) in [5.74, 6) is 3.56. The lowest BCUT2D eigenvalue weighted by atomic mass is 9.67. The van der Waals surface area contributed by atoms with Crippen LogP contribution in [0.5, 0.6) is 0 Å². The molecule has 0 bridgehead atoms. The Bertz CT molecular complexity index is 661. The Morgan fingerprint density at radius 3 is 2.67 bits per heavy atom. The van der Waals surface area contributed by atoms with Crippen molar-refractivity contribution in [3.8, 4) is 0 Å². The van der Waals surface area contributed by atoms with E-state index in [1.165, 1.54) is 45.2 Å². The lowest BCUT2D eigenvalue weighted by molar-refractivity contribution is -0.132. The zero-order valence-electron chi connectivity index (χ0n) is 20.8. The van der Waals surface area contributed by atoms with Gasteiger partial charge in [-0.1, -0.05) is 26.7 Å². The second-order valence-corrected chi connectivity index (χ2v) is 11.8. The molecule has 0 aromatic heterocycles. The summed E-state index contributed by atoms with van der Waals surface area (Å²) >= 11 is 0. The molecule has 2 aliphatic carbocycles. The highest BCUT2D eigenvalue weighted by Crippen LogP contribution is 2.39. The number of hydrogen-bond donors (Lipinski definition) is 5. The van der Waals surface area contributed by atoms with E-state index in [1.807, 2.05) is 0 Å². The molecule has 10 unspecified atom stereocenters. The van der Waals surface area contributed by atoms with Crippen LogP contribution >= 0.6 is 0 Å². The van der Waals surface area contributed by atoms with Crippen molar-refractivity contribution in [1.82, 2.24) is 26.6 Å². The molecule has 5 rings (SSSR count). The number of piperidine rings is 1. The second-order valence-electron chi connectivity index (χ2n) is 11.8. The molecule has 10 atom stereocenters. The molecule has 5 N–H and O–H groups in total. The molecule has 5 aliphatic rings. The van der Waals surface area contributed by atoms with Crippen LogP contribution in [-0.2, 0) is 9.53 Å². The second kappa shape index (κ2) is 10.9. The van der Waals surface area contributed by atoms with Crippen molar-refractivity contribution >= 4 is 5.91 Å². The maximum absolute atomic E-state index is 12.7. The summed E-state index contributed by atoms with van der Waals surface area (Å²) in [6.07, 6.45) is 11.0. The van der Waals surface area contributed by atoms with Crippen LogP contribution in [-0.4, -0.2) is 62.7 Å². The van der Waals surface area contributed by atoms with Crippen molar-refractivity contribution < 1.29 is 9.53 Å². The van der Waals surface area contributed by atoms with Crippen LogP contribution < -0.4 is 26.6 Å². The smallest absolute Gasteiger partial charge is 0.249 e. The molecule has 0 spiro atoms. The molecule has 3 saturated heterocycles. The van der Waals surface area contributed by atoms with Crippen LogP contribution in [0.4, 0.5) is 0 Å². The number of carbonyl (C=O) groups excluding carboxylic acids is 1. The van der Waals surface area contributed by atoms with Crippen LogP contribution in [0, 0.1) is 29.6 Å². The Balaban J connectivity index is 1.14. The highest BCUT2D eigenvalue weighted by molar-refractivity contribution is 5.81. The van der Waals surface area contributed by atoms with Crippen molar-refractivity contribution in [2.45, 2.75) is 102 Å². The summed E-state index contributed by atoms with van der Waals surface area (Å²) in [6.45, 7) is 8.66. The lowest BCUT2D eigenvalue weighted by Crippen LogP contribution is -2.67. The predicted octanol–water partition coefficient (Wildman–Crippen LogP) is 1.94. The van der Waals surface area contributed by atoms with E-state index >= 15 is 0 Å². The third-order valence-corrected chi connectivity index (χ3v) is 9.57. The van der Waals surface area contributed by atoms with Crippen LogP contribution in [0.2, 0.25) is 0 Å². The molecule has 7 heteroatoms. The zero-order valence-corrected chi connectivity index (χ0v) is 20.8. The van der Waals surface area contributed by atoms with Crippen LogP contribution in [0.25, 0.3) is 0 Å². The quantitative estimate of drug-likeness (QED) is 0.430. The van der Waals surface area contributed by atoms with Gasteiger partial charge in [-0.05, 0) is 94.2 Å². The first kappa shape index (κ1) is 24.0. The Morgan fingerprint density at radius 2 is 1.82 bits per heavy atom. The maximum atomic E-state index is 12.7. The first-order valence-corrected chi connectivity index (χ1v) is 14.0. The molecule has 5 fully saturated rings. The van der Waals surface area contributed by atoms with E-state index in [2.05, 4.69) is 40.4 Å². The van der Waals surface area contributed by atoms with Gasteiger partial charge in [-0.2, -0.15) is 0 Å². The predicted molar refractivity (Wildman–Crippen MR) is 131 cm³/mol. The lowest BCUT2D eigenvalue weighted by Gasteiger charge is -2.48. The van der Waals surface area contributed by atoms with Crippen LogP contribution in [0.15, 0.2) is 0 Å². The first-order valence-electron chi connectivity index (χ1n) is 14.0. The molecule has 188 valence electrons. The van der Waals surface area contributed by atoms with Crippen molar-refractivity contribution in [3.63, 3.8) is 0 Å². The van der Waals surface area contributed by atoms with Gasteiger partial charge in [-0.3, -0.25) is 20.7 Å². The third kappa shape index (κ3) is 5.58. The van der Waals surface area contributed by atoms with E-state index in [0.29, 0.717) is 30.5 Å². The number of rotatable bonds is 5. The number of ether oxygens (including phenoxy) is 1. The number of hydrogen-bond acceptors (Lipinski definition) is 6. The molecule has 7 nitrogen and oxygen atoms in total. The summed E-state index contributed by atoms with van der Waals surface area (Å²) < 4.78 is 5.69. The third-order valence-electron chi connectivity index (χ3n) is 9.57. The van der Waals surface area contributed by atoms with Gasteiger partial charge in [-0.25, -0.2) is 0 Å². The van der Waals surface area contributed by atoms with Crippen LogP contribution in [0.3, 0.4) is 0 Å². The molecule has 0 radical (unpaired) electrons. The molecule has 3 heterocycles.